The van der Waals surface area contributed by atoms with E-state index in [1.54, 1.807) is 0 Å². The van der Waals surface area contributed by atoms with E-state index in [0.717, 1.165) is 10.9 Å². The van der Waals surface area contributed by atoms with Crippen LogP contribution in [0.3, 0.4) is 0 Å². The summed E-state index contributed by atoms with van der Waals surface area (Å²) >= 11 is 0. The SMILES string of the molecule is CC1(C)C(=N)c2c(c3ccccc3oc2=O)C1(C)C. The van der Waals surface area contributed by atoms with Crippen molar-refractivity contribution in [2.45, 2.75) is 33.1 Å². The maximum atomic E-state index is 12.2. The van der Waals surface area contributed by atoms with Crippen molar-refractivity contribution >= 4 is 16.7 Å². The Hall–Kier alpha value is -1.90. The zero-order chi connectivity index (χ0) is 14.0. The van der Waals surface area contributed by atoms with Crippen molar-refractivity contribution in [1.29, 1.82) is 5.41 Å². The molecule has 0 radical (unpaired) electrons. The first-order valence-electron chi connectivity index (χ1n) is 6.44. The third-order valence-corrected chi connectivity index (χ3v) is 4.88. The molecule has 2 aromatic rings. The Morgan fingerprint density at radius 3 is 2.37 bits per heavy atom. The van der Waals surface area contributed by atoms with Gasteiger partial charge >= 0.3 is 5.63 Å². The molecule has 98 valence electrons. The fraction of sp³-hybridized carbons (Fsp3) is 0.375. The summed E-state index contributed by atoms with van der Waals surface area (Å²) in [4.78, 5) is 12.2. The molecule has 1 aromatic heterocycles. The Bertz CT molecular complexity index is 766. The van der Waals surface area contributed by atoms with Crippen LogP contribution in [0, 0.1) is 10.8 Å². The fourth-order valence-corrected chi connectivity index (χ4v) is 2.96. The second-order valence-corrected chi connectivity index (χ2v) is 6.26. The number of rotatable bonds is 0. The zero-order valence-electron chi connectivity index (χ0n) is 11.6. The van der Waals surface area contributed by atoms with Crippen LogP contribution in [0.2, 0.25) is 0 Å². The highest BCUT2D eigenvalue weighted by atomic mass is 16.4. The molecule has 0 aliphatic heterocycles. The van der Waals surface area contributed by atoms with Gasteiger partial charge in [-0.25, -0.2) is 4.79 Å². The van der Waals surface area contributed by atoms with Crippen molar-refractivity contribution in [3.8, 4) is 0 Å². The largest absolute Gasteiger partial charge is 0.422 e. The fourth-order valence-electron chi connectivity index (χ4n) is 2.96. The van der Waals surface area contributed by atoms with Crippen LogP contribution in [-0.4, -0.2) is 5.71 Å². The summed E-state index contributed by atoms with van der Waals surface area (Å²) < 4.78 is 5.37. The van der Waals surface area contributed by atoms with E-state index in [9.17, 15) is 4.79 Å². The molecule has 0 saturated carbocycles. The first-order chi connectivity index (χ1) is 8.78. The predicted octanol–water partition coefficient (Wildman–Crippen LogP) is 3.48. The van der Waals surface area contributed by atoms with Crippen LogP contribution in [0.25, 0.3) is 11.0 Å². The minimum absolute atomic E-state index is 0.269. The minimum Gasteiger partial charge on any atom is -0.422 e. The van der Waals surface area contributed by atoms with E-state index in [4.69, 9.17) is 9.83 Å². The highest BCUT2D eigenvalue weighted by Gasteiger charge is 2.52. The van der Waals surface area contributed by atoms with E-state index in [1.807, 2.05) is 38.1 Å². The molecule has 19 heavy (non-hydrogen) atoms. The summed E-state index contributed by atoms with van der Waals surface area (Å²) in [5, 5.41) is 9.29. The molecular formula is C16H17NO2. The molecule has 1 N–H and O–H groups in total. The van der Waals surface area contributed by atoms with Gasteiger partial charge < -0.3 is 9.83 Å². The van der Waals surface area contributed by atoms with Crippen molar-refractivity contribution in [1.82, 2.24) is 0 Å². The average Bonchev–Trinajstić information content (AvgIpc) is 2.48. The summed E-state index contributed by atoms with van der Waals surface area (Å²) in [6, 6.07) is 7.57. The average molecular weight is 255 g/mol. The number of benzene rings is 1. The molecule has 0 spiro atoms. The third-order valence-electron chi connectivity index (χ3n) is 4.88. The van der Waals surface area contributed by atoms with E-state index >= 15 is 0 Å². The molecule has 1 aromatic carbocycles. The molecular weight excluding hydrogens is 238 g/mol. The van der Waals surface area contributed by atoms with Crippen LogP contribution in [0.15, 0.2) is 33.5 Å². The van der Waals surface area contributed by atoms with Crippen LogP contribution >= 0.6 is 0 Å². The molecule has 1 aliphatic carbocycles. The minimum atomic E-state index is -0.391. The number of hydrogen-bond acceptors (Lipinski definition) is 3. The van der Waals surface area contributed by atoms with E-state index in [0.29, 0.717) is 16.9 Å². The summed E-state index contributed by atoms with van der Waals surface area (Å²) in [5.41, 5.74) is 1.35. The quantitative estimate of drug-likeness (QED) is 0.733. The summed E-state index contributed by atoms with van der Waals surface area (Å²) in [6.07, 6.45) is 0. The lowest BCUT2D eigenvalue weighted by Gasteiger charge is -2.35. The predicted molar refractivity (Wildman–Crippen MR) is 76.1 cm³/mol. The molecule has 3 rings (SSSR count). The lowest BCUT2D eigenvalue weighted by molar-refractivity contribution is 0.312. The second kappa shape index (κ2) is 3.35. The number of nitrogens with one attached hydrogen (secondary N) is 1. The van der Waals surface area contributed by atoms with E-state index in [2.05, 4.69) is 13.8 Å². The normalized spacial score (nSPS) is 19.7. The van der Waals surface area contributed by atoms with Crippen molar-refractivity contribution < 1.29 is 4.42 Å². The first-order valence-corrected chi connectivity index (χ1v) is 6.44. The molecule has 3 heteroatoms. The molecule has 0 unspecified atom stereocenters. The molecule has 1 heterocycles. The van der Waals surface area contributed by atoms with E-state index < -0.39 is 5.63 Å². The van der Waals surface area contributed by atoms with Gasteiger partial charge in [0.15, 0.2) is 0 Å². The molecule has 0 saturated heterocycles. The van der Waals surface area contributed by atoms with Gasteiger partial charge in [-0.1, -0.05) is 45.9 Å². The topological polar surface area (TPSA) is 54.1 Å². The van der Waals surface area contributed by atoms with Crippen LogP contribution in [0.4, 0.5) is 0 Å². The van der Waals surface area contributed by atoms with E-state index in [1.165, 1.54) is 0 Å². The van der Waals surface area contributed by atoms with Crippen molar-refractivity contribution in [3.05, 3.63) is 45.8 Å². The van der Waals surface area contributed by atoms with Crippen molar-refractivity contribution in [2.75, 3.05) is 0 Å². The first kappa shape index (κ1) is 12.2. The van der Waals surface area contributed by atoms with Gasteiger partial charge in [0.1, 0.15) is 5.58 Å². The van der Waals surface area contributed by atoms with Crippen LogP contribution in [0.5, 0.6) is 0 Å². The maximum absolute atomic E-state index is 12.2. The number of hydrogen-bond donors (Lipinski definition) is 1. The van der Waals surface area contributed by atoms with Gasteiger partial charge in [-0.05, 0) is 11.6 Å². The third kappa shape index (κ3) is 1.28. The van der Waals surface area contributed by atoms with Crippen LogP contribution in [-0.2, 0) is 5.41 Å². The van der Waals surface area contributed by atoms with Gasteiger partial charge in [0.2, 0.25) is 0 Å². The second-order valence-electron chi connectivity index (χ2n) is 6.26. The highest BCUT2D eigenvalue weighted by molar-refractivity contribution is 6.10. The van der Waals surface area contributed by atoms with Gasteiger partial charge in [-0.2, -0.15) is 0 Å². The molecule has 0 fully saturated rings. The summed E-state index contributed by atoms with van der Waals surface area (Å²) in [7, 11) is 0. The monoisotopic (exact) mass is 255 g/mol. The van der Waals surface area contributed by atoms with Gasteiger partial charge in [0.25, 0.3) is 0 Å². The zero-order valence-corrected chi connectivity index (χ0v) is 11.6. The summed E-state index contributed by atoms with van der Waals surface area (Å²) in [5.74, 6) is 0. The lowest BCUT2D eigenvalue weighted by Crippen LogP contribution is -2.36. The molecule has 0 atom stereocenters. The molecule has 0 bridgehead atoms. The van der Waals surface area contributed by atoms with E-state index in [-0.39, 0.29) is 10.8 Å². The Morgan fingerprint density at radius 2 is 1.68 bits per heavy atom. The Kier molecular flexibility index (Phi) is 2.14. The van der Waals surface area contributed by atoms with Gasteiger partial charge in [-0.15, -0.1) is 0 Å². The van der Waals surface area contributed by atoms with Gasteiger partial charge in [0.05, 0.1) is 11.3 Å². The Balaban J connectivity index is 2.58. The lowest BCUT2D eigenvalue weighted by atomic mass is 9.67. The maximum Gasteiger partial charge on any atom is 0.345 e. The van der Waals surface area contributed by atoms with Crippen LogP contribution < -0.4 is 5.63 Å². The number of para-hydroxylation sites is 1. The molecule has 3 nitrogen and oxygen atoms in total. The Morgan fingerprint density at radius 1 is 1.05 bits per heavy atom. The van der Waals surface area contributed by atoms with Crippen molar-refractivity contribution in [2.24, 2.45) is 5.41 Å². The molecule has 0 amide bonds. The van der Waals surface area contributed by atoms with Crippen LogP contribution in [0.1, 0.15) is 38.8 Å². The van der Waals surface area contributed by atoms with Gasteiger partial charge in [0, 0.05) is 16.2 Å². The van der Waals surface area contributed by atoms with Gasteiger partial charge in [-0.3, -0.25) is 0 Å². The smallest absolute Gasteiger partial charge is 0.345 e. The highest BCUT2D eigenvalue weighted by Crippen LogP contribution is 2.52. The van der Waals surface area contributed by atoms with Crippen molar-refractivity contribution in [3.63, 3.8) is 0 Å². The summed E-state index contributed by atoms with van der Waals surface area (Å²) in [6.45, 7) is 8.23. The standard InChI is InChI=1S/C16H17NO2/c1-15(2)12-9-7-5-6-8-10(9)19-14(18)11(12)13(17)16(15,3)4/h5-8,17H,1-4H3. The Labute approximate surface area is 111 Å². The molecule has 1 aliphatic rings. The number of fused-ring (bicyclic) bond motifs is 3.